The zero-order chi connectivity index (χ0) is 8.85. The maximum Gasteiger partial charge on any atom is 0.306 e. The number of hydrogen-bond acceptors (Lipinski definition) is 1. The quantitative estimate of drug-likeness (QED) is 0.667. The Morgan fingerprint density at radius 2 is 2.00 bits per heavy atom. The predicted molar refractivity (Wildman–Crippen MR) is 45.5 cm³/mol. The smallest absolute Gasteiger partial charge is 0.306 e. The van der Waals surface area contributed by atoms with Crippen molar-refractivity contribution in [2.45, 2.75) is 40.0 Å². The zero-order valence-electron chi connectivity index (χ0n) is 7.63. The van der Waals surface area contributed by atoms with Crippen LogP contribution in [0.15, 0.2) is 0 Å². The second kappa shape index (κ2) is 5.16. The summed E-state index contributed by atoms with van der Waals surface area (Å²) in [6.07, 6.45) is 2.72. The average Bonchev–Trinajstić information content (AvgIpc) is 1.98. The van der Waals surface area contributed by atoms with Crippen LogP contribution in [-0.2, 0) is 4.79 Å². The average molecular weight is 158 g/mol. The van der Waals surface area contributed by atoms with Gasteiger partial charge in [0.05, 0.1) is 5.92 Å². The molecule has 0 aliphatic heterocycles. The van der Waals surface area contributed by atoms with E-state index in [1.165, 1.54) is 0 Å². The molecular weight excluding hydrogens is 140 g/mol. The summed E-state index contributed by atoms with van der Waals surface area (Å²) in [5, 5.41) is 8.81. The number of hydrogen-bond donors (Lipinski definition) is 1. The van der Waals surface area contributed by atoms with Crippen LogP contribution in [0.2, 0.25) is 0 Å². The van der Waals surface area contributed by atoms with Crippen molar-refractivity contribution >= 4 is 5.97 Å². The highest BCUT2D eigenvalue weighted by atomic mass is 16.4. The van der Waals surface area contributed by atoms with E-state index >= 15 is 0 Å². The Bertz CT molecular complexity index is 121. The van der Waals surface area contributed by atoms with Crippen molar-refractivity contribution < 1.29 is 9.90 Å². The lowest BCUT2D eigenvalue weighted by atomic mass is 9.88. The van der Waals surface area contributed by atoms with E-state index in [2.05, 4.69) is 0 Å². The molecule has 2 heteroatoms. The first-order valence-electron chi connectivity index (χ1n) is 4.36. The maximum atomic E-state index is 10.7. The Kier molecular flexibility index (Phi) is 4.92. The van der Waals surface area contributed by atoms with Crippen molar-refractivity contribution in [3.05, 3.63) is 0 Å². The highest BCUT2D eigenvalue weighted by Gasteiger charge is 2.21. The molecule has 0 saturated carbocycles. The standard InChI is InChI=1S/C9H18O2/c1-4-6-8(9(10)11)7(3)5-2/h7-8H,4-6H2,1-3H3,(H,10,11)/t7-,8-/m1/s1. The third-order valence-electron chi connectivity index (χ3n) is 2.25. The van der Waals surface area contributed by atoms with E-state index in [-0.39, 0.29) is 5.92 Å². The summed E-state index contributed by atoms with van der Waals surface area (Å²) in [6.45, 7) is 6.07. The van der Waals surface area contributed by atoms with Gasteiger partial charge in [-0.1, -0.05) is 33.6 Å². The zero-order valence-corrected chi connectivity index (χ0v) is 7.63. The van der Waals surface area contributed by atoms with Gasteiger partial charge in [-0.15, -0.1) is 0 Å². The molecule has 0 aromatic heterocycles. The molecule has 0 bridgehead atoms. The van der Waals surface area contributed by atoms with Gasteiger partial charge in [-0.3, -0.25) is 4.79 Å². The van der Waals surface area contributed by atoms with E-state index in [4.69, 9.17) is 5.11 Å². The first-order chi connectivity index (χ1) is 5.13. The molecule has 0 amide bonds. The molecule has 0 radical (unpaired) electrons. The van der Waals surface area contributed by atoms with Crippen LogP contribution in [0.3, 0.4) is 0 Å². The number of carbonyl (C=O) groups is 1. The van der Waals surface area contributed by atoms with Gasteiger partial charge in [0.25, 0.3) is 0 Å². The van der Waals surface area contributed by atoms with Crippen LogP contribution >= 0.6 is 0 Å². The molecular formula is C9H18O2. The lowest BCUT2D eigenvalue weighted by Gasteiger charge is -2.17. The van der Waals surface area contributed by atoms with Gasteiger partial charge in [-0.25, -0.2) is 0 Å². The fraction of sp³-hybridized carbons (Fsp3) is 0.889. The molecule has 0 spiro atoms. The molecule has 66 valence electrons. The first kappa shape index (κ1) is 10.5. The van der Waals surface area contributed by atoms with E-state index in [1.54, 1.807) is 0 Å². The third kappa shape index (κ3) is 3.40. The highest BCUT2D eigenvalue weighted by molar-refractivity contribution is 5.70. The molecule has 1 N–H and O–H groups in total. The number of aliphatic carboxylic acids is 1. The summed E-state index contributed by atoms with van der Waals surface area (Å²) < 4.78 is 0. The van der Waals surface area contributed by atoms with Crippen molar-refractivity contribution in [3.63, 3.8) is 0 Å². The van der Waals surface area contributed by atoms with Crippen LogP contribution in [0.1, 0.15) is 40.0 Å². The molecule has 0 fully saturated rings. The van der Waals surface area contributed by atoms with Crippen molar-refractivity contribution in [2.24, 2.45) is 11.8 Å². The lowest BCUT2D eigenvalue weighted by molar-refractivity contribution is -0.143. The minimum Gasteiger partial charge on any atom is -0.481 e. The van der Waals surface area contributed by atoms with Gasteiger partial charge in [-0.05, 0) is 12.3 Å². The van der Waals surface area contributed by atoms with Gasteiger partial charge in [0.15, 0.2) is 0 Å². The van der Waals surface area contributed by atoms with Crippen LogP contribution in [0.4, 0.5) is 0 Å². The summed E-state index contributed by atoms with van der Waals surface area (Å²) in [4.78, 5) is 10.7. The van der Waals surface area contributed by atoms with Gasteiger partial charge in [0, 0.05) is 0 Å². The first-order valence-corrected chi connectivity index (χ1v) is 4.36. The molecule has 0 aliphatic carbocycles. The van der Waals surface area contributed by atoms with Crippen molar-refractivity contribution in [2.75, 3.05) is 0 Å². The minimum atomic E-state index is -0.638. The van der Waals surface area contributed by atoms with Gasteiger partial charge >= 0.3 is 5.97 Å². The van der Waals surface area contributed by atoms with Crippen LogP contribution in [0, 0.1) is 11.8 Å². The second-order valence-electron chi connectivity index (χ2n) is 3.12. The monoisotopic (exact) mass is 158 g/mol. The lowest BCUT2D eigenvalue weighted by Crippen LogP contribution is -2.20. The summed E-state index contributed by atoms with van der Waals surface area (Å²) in [5.41, 5.74) is 0. The summed E-state index contributed by atoms with van der Waals surface area (Å²) in [6, 6.07) is 0. The highest BCUT2D eigenvalue weighted by Crippen LogP contribution is 2.20. The maximum absolute atomic E-state index is 10.7. The van der Waals surface area contributed by atoms with Gasteiger partial charge < -0.3 is 5.11 Å². The fourth-order valence-corrected chi connectivity index (χ4v) is 1.25. The van der Waals surface area contributed by atoms with Crippen LogP contribution in [0.25, 0.3) is 0 Å². The van der Waals surface area contributed by atoms with Gasteiger partial charge in [0.1, 0.15) is 0 Å². The molecule has 0 unspecified atom stereocenters. The second-order valence-corrected chi connectivity index (χ2v) is 3.12. The Morgan fingerprint density at radius 3 is 2.27 bits per heavy atom. The molecule has 2 nitrogen and oxygen atoms in total. The van der Waals surface area contributed by atoms with Crippen molar-refractivity contribution in [3.8, 4) is 0 Å². The Morgan fingerprint density at radius 1 is 1.45 bits per heavy atom. The Balaban J connectivity index is 3.97. The number of carboxylic acid groups (broad SMARTS) is 1. The summed E-state index contributed by atoms with van der Waals surface area (Å²) in [5.74, 6) is -0.460. The molecule has 0 aliphatic rings. The number of rotatable bonds is 5. The molecule has 0 rings (SSSR count). The van der Waals surface area contributed by atoms with E-state index in [9.17, 15) is 4.79 Å². The van der Waals surface area contributed by atoms with E-state index in [0.29, 0.717) is 5.92 Å². The van der Waals surface area contributed by atoms with Crippen molar-refractivity contribution in [1.82, 2.24) is 0 Å². The number of carboxylic acids is 1. The normalized spacial score (nSPS) is 15.9. The predicted octanol–water partition coefficient (Wildman–Crippen LogP) is 2.53. The molecule has 0 heterocycles. The Labute approximate surface area is 68.6 Å². The van der Waals surface area contributed by atoms with Gasteiger partial charge in [-0.2, -0.15) is 0 Å². The third-order valence-corrected chi connectivity index (χ3v) is 2.25. The SMILES string of the molecule is CCC[C@@H](C(=O)O)[C@H](C)CC. The topological polar surface area (TPSA) is 37.3 Å². The van der Waals surface area contributed by atoms with Crippen LogP contribution in [-0.4, -0.2) is 11.1 Å². The molecule has 0 aromatic carbocycles. The summed E-state index contributed by atoms with van der Waals surface area (Å²) in [7, 11) is 0. The van der Waals surface area contributed by atoms with Crippen LogP contribution in [0.5, 0.6) is 0 Å². The fourth-order valence-electron chi connectivity index (χ4n) is 1.25. The minimum absolute atomic E-state index is 0.134. The molecule has 11 heavy (non-hydrogen) atoms. The summed E-state index contributed by atoms with van der Waals surface area (Å²) >= 11 is 0. The molecule has 0 aromatic rings. The molecule has 0 saturated heterocycles. The van der Waals surface area contributed by atoms with E-state index in [0.717, 1.165) is 19.3 Å². The van der Waals surface area contributed by atoms with E-state index in [1.807, 2.05) is 20.8 Å². The Hall–Kier alpha value is -0.530. The molecule has 2 atom stereocenters. The largest absolute Gasteiger partial charge is 0.481 e. The van der Waals surface area contributed by atoms with E-state index < -0.39 is 5.97 Å². The van der Waals surface area contributed by atoms with Gasteiger partial charge in [0.2, 0.25) is 0 Å². The van der Waals surface area contributed by atoms with Crippen LogP contribution < -0.4 is 0 Å². The van der Waals surface area contributed by atoms with Crippen molar-refractivity contribution in [1.29, 1.82) is 0 Å².